The molecule has 10 heavy (non-hydrogen) atoms. The van der Waals surface area contributed by atoms with Crippen molar-refractivity contribution in [1.82, 2.24) is 9.78 Å². The van der Waals surface area contributed by atoms with E-state index in [-0.39, 0.29) is 0 Å². The Bertz CT molecular complexity index is 204. The maximum atomic E-state index is 4.03. The fraction of sp³-hybridized carbons (Fsp3) is 0.625. The Morgan fingerprint density at radius 3 is 2.30 bits per heavy atom. The van der Waals surface area contributed by atoms with Crippen LogP contribution in [-0.4, -0.2) is 9.78 Å². The molecule has 0 aliphatic carbocycles. The Kier molecular flexibility index (Phi) is 1.79. The van der Waals surface area contributed by atoms with Crippen LogP contribution in [0.4, 0.5) is 0 Å². The highest BCUT2D eigenvalue weighted by molar-refractivity contribution is 5.17. The highest BCUT2D eigenvalue weighted by atomic mass is 15.3. The van der Waals surface area contributed by atoms with Gasteiger partial charge in [0.1, 0.15) is 6.20 Å². The Labute approximate surface area is 61.9 Å². The zero-order valence-electron chi connectivity index (χ0n) is 6.97. The quantitative estimate of drug-likeness (QED) is 0.575. The van der Waals surface area contributed by atoms with Crippen molar-refractivity contribution in [2.45, 2.75) is 26.7 Å². The molecule has 2 heteroatoms. The van der Waals surface area contributed by atoms with Gasteiger partial charge in [-0.25, -0.2) is 0 Å². The second-order valence-electron chi connectivity index (χ2n) is 2.90. The number of nitrogens with zero attached hydrogens (tertiary/aromatic N) is 2. The van der Waals surface area contributed by atoms with Gasteiger partial charge >= 0.3 is 0 Å². The number of hydrogen-bond donors (Lipinski definition) is 0. The molecule has 0 aromatic carbocycles. The maximum Gasteiger partial charge on any atom is 0.116 e. The van der Waals surface area contributed by atoms with Crippen LogP contribution in [0.15, 0.2) is 0 Å². The normalized spacial score (nSPS) is 10.9. The van der Waals surface area contributed by atoms with E-state index in [1.165, 1.54) is 5.69 Å². The number of aromatic nitrogens is 2. The van der Waals surface area contributed by atoms with E-state index < -0.39 is 0 Å². The van der Waals surface area contributed by atoms with Gasteiger partial charge in [-0.15, -0.1) is 0 Å². The zero-order chi connectivity index (χ0) is 7.72. The minimum absolute atomic E-state index is 0.545. The van der Waals surface area contributed by atoms with Gasteiger partial charge in [-0.1, -0.05) is 13.8 Å². The third-order valence-electron chi connectivity index (χ3n) is 1.65. The molecule has 0 N–H and O–H groups in total. The standard InChI is InChI=1S/C8H13N2/c1-6(2)8-7(3)5-9-10(8)4/h6H,1-4H3. The zero-order valence-corrected chi connectivity index (χ0v) is 6.97. The van der Waals surface area contributed by atoms with Crippen LogP contribution in [0.1, 0.15) is 31.0 Å². The average Bonchev–Trinajstić information content (AvgIpc) is 2.11. The fourth-order valence-electron chi connectivity index (χ4n) is 1.31. The minimum Gasteiger partial charge on any atom is -0.271 e. The third kappa shape index (κ3) is 1.06. The molecule has 0 aliphatic heterocycles. The highest BCUT2D eigenvalue weighted by Crippen LogP contribution is 2.16. The van der Waals surface area contributed by atoms with Gasteiger partial charge in [0.2, 0.25) is 0 Å². The van der Waals surface area contributed by atoms with Crippen LogP contribution in [0.2, 0.25) is 0 Å². The van der Waals surface area contributed by atoms with Crippen molar-refractivity contribution >= 4 is 0 Å². The van der Waals surface area contributed by atoms with Crippen molar-refractivity contribution in [3.63, 3.8) is 0 Å². The van der Waals surface area contributed by atoms with Crippen LogP contribution in [0.25, 0.3) is 0 Å². The molecule has 2 nitrogen and oxygen atoms in total. The molecule has 1 heterocycles. The first-order valence-electron chi connectivity index (χ1n) is 3.54. The van der Waals surface area contributed by atoms with Gasteiger partial charge in [-0.3, -0.25) is 4.68 Å². The second-order valence-corrected chi connectivity index (χ2v) is 2.90. The van der Waals surface area contributed by atoms with E-state index in [4.69, 9.17) is 0 Å². The lowest BCUT2D eigenvalue weighted by Gasteiger charge is -2.05. The predicted octanol–water partition coefficient (Wildman–Crippen LogP) is 1.65. The molecule has 1 aromatic rings. The van der Waals surface area contributed by atoms with E-state index in [1.54, 1.807) is 0 Å². The lowest BCUT2D eigenvalue weighted by atomic mass is 10.1. The monoisotopic (exact) mass is 137 g/mol. The van der Waals surface area contributed by atoms with Gasteiger partial charge in [-0.2, -0.15) is 5.10 Å². The third-order valence-corrected chi connectivity index (χ3v) is 1.65. The molecular formula is C8H13N2. The maximum absolute atomic E-state index is 4.03. The van der Waals surface area contributed by atoms with Gasteiger partial charge in [-0.05, 0) is 12.8 Å². The van der Waals surface area contributed by atoms with E-state index in [1.807, 2.05) is 18.7 Å². The minimum atomic E-state index is 0.545. The topological polar surface area (TPSA) is 17.8 Å². The molecule has 0 saturated carbocycles. The molecule has 1 aromatic heterocycles. The van der Waals surface area contributed by atoms with Crippen molar-refractivity contribution in [1.29, 1.82) is 0 Å². The van der Waals surface area contributed by atoms with Gasteiger partial charge < -0.3 is 0 Å². The molecular weight excluding hydrogens is 124 g/mol. The molecule has 0 amide bonds. The summed E-state index contributed by atoms with van der Waals surface area (Å²) < 4.78 is 1.89. The molecule has 0 saturated heterocycles. The van der Waals surface area contributed by atoms with Crippen LogP contribution >= 0.6 is 0 Å². The van der Waals surface area contributed by atoms with Crippen molar-refractivity contribution in [3.8, 4) is 0 Å². The van der Waals surface area contributed by atoms with Crippen molar-refractivity contribution in [2.24, 2.45) is 7.05 Å². The summed E-state index contributed by atoms with van der Waals surface area (Å²) in [6.07, 6.45) is 2.93. The predicted molar refractivity (Wildman–Crippen MR) is 40.9 cm³/mol. The summed E-state index contributed by atoms with van der Waals surface area (Å²) in [5.74, 6) is 0.545. The Morgan fingerprint density at radius 2 is 2.10 bits per heavy atom. The first kappa shape index (κ1) is 7.32. The molecule has 1 radical (unpaired) electrons. The van der Waals surface area contributed by atoms with Crippen molar-refractivity contribution < 1.29 is 0 Å². The summed E-state index contributed by atoms with van der Waals surface area (Å²) in [5, 5.41) is 4.03. The van der Waals surface area contributed by atoms with Crippen LogP contribution in [-0.2, 0) is 7.05 Å². The van der Waals surface area contributed by atoms with Crippen molar-refractivity contribution in [3.05, 3.63) is 17.5 Å². The van der Waals surface area contributed by atoms with Gasteiger partial charge in [0.15, 0.2) is 0 Å². The largest absolute Gasteiger partial charge is 0.271 e. The molecule has 0 fully saturated rings. The number of hydrogen-bond acceptors (Lipinski definition) is 1. The van der Waals surface area contributed by atoms with Gasteiger partial charge in [0.25, 0.3) is 0 Å². The molecule has 1 rings (SSSR count). The van der Waals surface area contributed by atoms with Crippen LogP contribution in [0.3, 0.4) is 0 Å². The Hall–Kier alpha value is -0.790. The summed E-state index contributed by atoms with van der Waals surface area (Å²) in [5.41, 5.74) is 2.44. The Morgan fingerprint density at radius 1 is 1.50 bits per heavy atom. The smallest absolute Gasteiger partial charge is 0.116 e. The van der Waals surface area contributed by atoms with E-state index in [2.05, 4.69) is 25.1 Å². The molecule has 0 bridgehead atoms. The first-order valence-corrected chi connectivity index (χ1v) is 3.54. The molecule has 0 atom stereocenters. The molecule has 0 spiro atoms. The van der Waals surface area contributed by atoms with Crippen LogP contribution in [0.5, 0.6) is 0 Å². The second kappa shape index (κ2) is 2.45. The number of aryl methyl sites for hydroxylation is 2. The summed E-state index contributed by atoms with van der Waals surface area (Å²) in [6, 6.07) is 0. The van der Waals surface area contributed by atoms with E-state index in [0.717, 1.165) is 5.56 Å². The van der Waals surface area contributed by atoms with Gasteiger partial charge in [0, 0.05) is 18.3 Å². The molecule has 0 unspecified atom stereocenters. The van der Waals surface area contributed by atoms with E-state index >= 15 is 0 Å². The van der Waals surface area contributed by atoms with Crippen LogP contribution in [0, 0.1) is 13.1 Å². The summed E-state index contributed by atoms with van der Waals surface area (Å²) in [4.78, 5) is 0. The summed E-state index contributed by atoms with van der Waals surface area (Å²) in [6.45, 7) is 6.37. The lowest BCUT2D eigenvalue weighted by Crippen LogP contribution is -2.00. The van der Waals surface area contributed by atoms with Crippen molar-refractivity contribution in [2.75, 3.05) is 0 Å². The fourth-order valence-corrected chi connectivity index (χ4v) is 1.31. The van der Waals surface area contributed by atoms with E-state index in [9.17, 15) is 0 Å². The number of rotatable bonds is 1. The Balaban J connectivity index is 3.10. The highest BCUT2D eigenvalue weighted by Gasteiger charge is 2.07. The lowest BCUT2D eigenvalue weighted by molar-refractivity contribution is 0.666. The molecule has 55 valence electrons. The molecule has 0 aliphatic rings. The average molecular weight is 137 g/mol. The summed E-state index contributed by atoms with van der Waals surface area (Å²) >= 11 is 0. The first-order chi connectivity index (χ1) is 4.63. The van der Waals surface area contributed by atoms with Crippen LogP contribution < -0.4 is 0 Å². The van der Waals surface area contributed by atoms with Gasteiger partial charge in [0.05, 0.1) is 0 Å². The van der Waals surface area contributed by atoms with E-state index in [0.29, 0.717) is 5.92 Å². The summed E-state index contributed by atoms with van der Waals surface area (Å²) in [7, 11) is 1.96. The SMILES string of the molecule is Cc1[c]nn(C)c1C(C)C.